The van der Waals surface area contributed by atoms with Crippen molar-refractivity contribution < 1.29 is 18.0 Å². The van der Waals surface area contributed by atoms with Crippen LogP contribution in [0, 0.1) is 5.92 Å². The molecule has 5 nitrogen and oxygen atoms in total. The van der Waals surface area contributed by atoms with Crippen molar-refractivity contribution in [2.24, 2.45) is 5.92 Å². The molecular formula is C19H19NO4S. The van der Waals surface area contributed by atoms with Crippen molar-refractivity contribution in [2.75, 3.05) is 11.1 Å². The number of anilines is 1. The van der Waals surface area contributed by atoms with E-state index in [-0.39, 0.29) is 34.7 Å². The molecule has 25 heavy (non-hydrogen) atoms. The predicted molar refractivity (Wildman–Crippen MR) is 95.2 cm³/mol. The predicted octanol–water partition coefficient (Wildman–Crippen LogP) is 3.08. The fourth-order valence-corrected chi connectivity index (χ4v) is 3.76. The molecule has 0 saturated heterocycles. The minimum absolute atomic E-state index is 0.125. The van der Waals surface area contributed by atoms with Gasteiger partial charge in [-0.3, -0.25) is 9.59 Å². The molecule has 0 spiro atoms. The van der Waals surface area contributed by atoms with Gasteiger partial charge in [0, 0.05) is 23.6 Å². The third-order valence-electron chi connectivity index (χ3n) is 4.10. The van der Waals surface area contributed by atoms with Crippen molar-refractivity contribution in [1.29, 1.82) is 0 Å². The van der Waals surface area contributed by atoms with Crippen molar-refractivity contribution in [3.63, 3.8) is 0 Å². The molecule has 3 rings (SSSR count). The van der Waals surface area contributed by atoms with Gasteiger partial charge in [-0.05, 0) is 49.2 Å². The van der Waals surface area contributed by atoms with E-state index in [0.717, 1.165) is 12.8 Å². The minimum Gasteiger partial charge on any atom is -0.326 e. The maximum Gasteiger partial charge on any atom is 0.225 e. The number of nitrogens with one attached hydrogen (secondary N) is 1. The summed E-state index contributed by atoms with van der Waals surface area (Å²) in [5.74, 6) is -0.322. The standard InChI is InChI=1S/C19H19NO4S/c21-18(12-13-25(23,24)17-4-2-1-3-5-17)20-16-10-8-15(9-11-16)19(22)14-6-7-14/h1-5,8-11,14H,6-7,12-13H2,(H,20,21). The molecule has 1 N–H and O–H groups in total. The molecule has 6 heteroatoms. The highest BCUT2D eigenvalue weighted by atomic mass is 32.2. The number of sulfone groups is 1. The van der Waals surface area contributed by atoms with Crippen LogP contribution in [-0.2, 0) is 14.6 Å². The van der Waals surface area contributed by atoms with E-state index >= 15 is 0 Å². The van der Waals surface area contributed by atoms with Crippen molar-refractivity contribution in [3.8, 4) is 0 Å². The molecule has 0 bridgehead atoms. The van der Waals surface area contributed by atoms with Crippen molar-refractivity contribution in [1.82, 2.24) is 0 Å². The lowest BCUT2D eigenvalue weighted by atomic mass is 10.1. The molecule has 2 aromatic carbocycles. The quantitative estimate of drug-likeness (QED) is 0.772. The summed E-state index contributed by atoms with van der Waals surface area (Å²) in [6.07, 6.45) is 1.78. The first kappa shape index (κ1) is 17.4. The van der Waals surface area contributed by atoms with E-state index in [1.54, 1.807) is 42.5 Å². The fourth-order valence-electron chi connectivity index (χ4n) is 2.50. The number of hydrogen-bond acceptors (Lipinski definition) is 4. The lowest BCUT2D eigenvalue weighted by Gasteiger charge is -2.07. The van der Waals surface area contributed by atoms with Crippen molar-refractivity contribution in [2.45, 2.75) is 24.2 Å². The van der Waals surface area contributed by atoms with Gasteiger partial charge in [-0.2, -0.15) is 0 Å². The molecule has 1 aliphatic carbocycles. The second-order valence-corrected chi connectivity index (χ2v) is 8.26. The Kier molecular flexibility index (Phi) is 4.99. The van der Waals surface area contributed by atoms with Crippen molar-refractivity contribution in [3.05, 3.63) is 60.2 Å². The summed E-state index contributed by atoms with van der Waals surface area (Å²) < 4.78 is 24.3. The van der Waals surface area contributed by atoms with E-state index in [4.69, 9.17) is 0 Å². The molecule has 1 aliphatic rings. The van der Waals surface area contributed by atoms with Gasteiger partial charge in [0.2, 0.25) is 5.91 Å². The van der Waals surface area contributed by atoms with E-state index in [0.29, 0.717) is 11.3 Å². The number of hydrogen-bond donors (Lipinski definition) is 1. The monoisotopic (exact) mass is 357 g/mol. The molecule has 0 aromatic heterocycles. The van der Waals surface area contributed by atoms with Gasteiger partial charge in [-0.1, -0.05) is 18.2 Å². The van der Waals surface area contributed by atoms with Gasteiger partial charge in [0.1, 0.15) is 0 Å². The largest absolute Gasteiger partial charge is 0.326 e. The summed E-state index contributed by atoms with van der Waals surface area (Å²) in [6.45, 7) is 0. The van der Waals surface area contributed by atoms with Crippen LogP contribution in [0.15, 0.2) is 59.5 Å². The highest BCUT2D eigenvalue weighted by Crippen LogP contribution is 2.32. The third-order valence-corrected chi connectivity index (χ3v) is 5.83. The molecule has 0 unspecified atom stereocenters. The van der Waals surface area contributed by atoms with Crippen LogP contribution < -0.4 is 5.32 Å². The Morgan fingerprint density at radius 3 is 2.20 bits per heavy atom. The lowest BCUT2D eigenvalue weighted by Crippen LogP contribution is -2.17. The number of ketones is 1. The van der Waals surface area contributed by atoms with Gasteiger partial charge < -0.3 is 5.32 Å². The number of benzene rings is 2. The zero-order valence-corrected chi connectivity index (χ0v) is 14.5. The molecule has 1 amide bonds. The average Bonchev–Trinajstić information content (AvgIpc) is 3.46. The molecule has 130 valence electrons. The Hall–Kier alpha value is -2.47. The first-order chi connectivity index (χ1) is 12.0. The number of carbonyl (C=O) groups excluding carboxylic acids is 2. The smallest absolute Gasteiger partial charge is 0.225 e. The van der Waals surface area contributed by atoms with Gasteiger partial charge in [0.05, 0.1) is 10.6 Å². The lowest BCUT2D eigenvalue weighted by molar-refractivity contribution is -0.115. The average molecular weight is 357 g/mol. The SMILES string of the molecule is O=C(CCS(=O)(=O)c1ccccc1)Nc1ccc(C(=O)C2CC2)cc1. The van der Waals surface area contributed by atoms with Gasteiger partial charge in [0.15, 0.2) is 15.6 Å². The highest BCUT2D eigenvalue weighted by Gasteiger charge is 2.30. The van der Waals surface area contributed by atoms with E-state index in [2.05, 4.69) is 5.32 Å². The van der Waals surface area contributed by atoms with Gasteiger partial charge in [0.25, 0.3) is 0 Å². The topological polar surface area (TPSA) is 80.3 Å². The molecule has 2 aromatic rings. The summed E-state index contributed by atoms with van der Waals surface area (Å²) in [7, 11) is -3.47. The zero-order valence-electron chi connectivity index (χ0n) is 13.6. The second kappa shape index (κ2) is 7.19. The Morgan fingerprint density at radius 1 is 0.960 bits per heavy atom. The Labute approximate surface area is 147 Å². The van der Waals surface area contributed by atoms with Gasteiger partial charge >= 0.3 is 0 Å². The van der Waals surface area contributed by atoms with E-state index < -0.39 is 9.84 Å². The normalized spacial score (nSPS) is 14.1. The maximum atomic E-state index is 12.2. The first-order valence-corrected chi connectivity index (χ1v) is 9.83. The van der Waals surface area contributed by atoms with Gasteiger partial charge in [-0.25, -0.2) is 8.42 Å². The molecular weight excluding hydrogens is 338 g/mol. The number of carbonyl (C=O) groups is 2. The Balaban J connectivity index is 1.55. The van der Waals surface area contributed by atoms with Crippen LogP contribution in [0.4, 0.5) is 5.69 Å². The second-order valence-electron chi connectivity index (χ2n) is 6.15. The molecule has 0 radical (unpaired) electrons. The van der Waals surface area contributed by atoms with Crippen LogP contribution in [0.3, 0.4) is 0 Å². The van der Waals surface area contributed by atoms with Crippen LogP contribution in [0.5, 0.6) is 0 Å². The van der Waals surface area contributed by atoms with Crippen LogP contribution >= 0.6 is 0 Å². The van der Waals surface area contributed by atoms with Crippen LogP contribution in [0.1, 0.15) is 29.6 Å². The fraction of sp³-hybridized carbons (Fsp3) is 0.263. The molecule has 1 fully saturated rings. The molecule has 0 heterocycles. The first-order valence-electron chi connectivity index (χ1n) is 8.18. The Bertz CT molecular complexity index is 869. The summed E-state index contributed by atoms with van der Waals surface area (Å²) in [4.78, 5) is 24.1. The van der Waals surface area contributed by atoms with Crippen molar-refractivity contribution >= 4 is 27.2 Å². The highest BCUT2D eigenvalue weighted by molar-refractivity contribution is 7.91. The summed E-state index contributed by atoms with van der Waals surface area (Å²) in [5.41, 5.74) is 1.20. The van der Waals surface area contributed by atoms with Crippen LogP contribution in [0.2, 0.25) is 0 Å². The Morgan fingerprint density at radius 2 is 1.60 bits per heavy atom. The number of amides is 1. The summed E-state index contributed by atoms with van der Waals surface area (Å²) in [5, 5.41) is 2.66. The van der Waals surface area contributed by atoms with E-state index in [1.165, 1.54) is 12.1 Å². The third kappa shape index (κ3) is 4.54. The molecule has 0 aliphatic heterocycles. The minimum atomic E-state index is -3.47. The zero-order chi connectivity index (χ0) is 17.9. The van der Waals surface area contributed by atoms with E-state index in [9.17, 15) is 18.0 Å². The van der Waals surface area contributed by atoms with Crippen LogP contribution in [-0.4, -0.2) is 25.9 Å². The van der Waals surface area contributed by atoms with Gasteiger partial charge in [-0.15, -0.1) is 0 Å². The number of Topliss-reactive ketones (excluding diaryl/α,β-unsaturated/α-hetero) is 1. The number of rotatable bonds is 7. The summed E-state index contributed by atoms with van der Waals surface area (Å²) in [6, 6.07) is 14.8. The molecule has 1 saturated carbocycles. The van der Waals surface area contributed by atoms with E-state index in [1.807, 2.05) is 0 Å². The van der Waals surface area contributed by atoms with Crippen LogP contribution in [0.25, 0.3) is 0 Å². The molecule has 0 atom stereocenters. The maximum absolute atomic E-state index is 12.2. The summed E-state index contributed by atoms with van der Waals surface area (Å²) >= 11 is 0.